The minimum absolute atomic E-state index is 0.0167. The zero-order chi connectivity index (χ0) is 20.8. The van der Waals surface area contributed by atoms with E-state index in [2.05, 4.69) is 5.32 Å². The number of nitrogens with one attached hydrogen (secondary N) is 1. The molecular formula is C21H20F3N3O2. The number of benzene rings is 2. The summed E-state index contributed by atoms with van der Waals surface area (Å²) < 4.78 is 38.0. The summed E-state index contributed by atoms with van der Waals surface area (Å²) in [5.41, 5.74) is 1.08. The van der Waals surface area contributed by atoms with Crippen LogP contribution in [0.3, 0.4) is 0 Å². The van der Waals surface area contributed by atoms with Crippen molar-refractivity contribution in [3.8, 4) is 0 Å². The largest absolute Gasteiger partial charge is 0.416 e. The summed E-state index contributed by atoms with van der Waals surface area (Å²) in [7, 11) is 1.91. The highest BCUT2D eigenvalue weighted by Crippen LogP contribution is 2.35. The van der Waals surface area contributed by atoms with Gasteiger partial charge in [-0.25, -0.2) is 0 Å². The van der Waals surface area contributed by atoms with Gasteiger partial charge in [-0.3, -0.25) is 9.59 Å². The molecule has 0 spiro atoms. The monoisotopic (exact) mass is 403 g/mol. The number of amides is 2. The molecule has 1 unspecified atom stereocenters. The van der Waals surface area contributed by atoms with Crippen molar-refractivity contribution in [2.24, 2.45) is 0 Å². The Morgan fingerprint density at radius 2 is 1.83 bits per heavy atom. The fourth-order valence-electron chi connectivity index (χ4n) is 3.96. The van der Waals surface area contributed by atoms with Crippen LogP contribution in [-0.4, -0.2) is 36.5 Å². The number of nitrogens with zero attached hydrogens (tertiary/aromatic N) is 2. The van der Waals surface area contributed by atoms with Crippen LogP contribution in [0.5, 0.6) is 0 Å². The number of carbonyl (C=O) groups is 2. The van der Waals surface area contributed by atoms with Gasteiger partial charge in [0.15, 0.2) is 0 Å². The highest BCUT2D eigenvalue weighted by Gasteiger charge is 2.37. The first kappa shape index (κ1) is 19.3. The Morgan fingerprint density at radius 3 is 2.52 bits per heavy atom. The van der Waals surface area contributed by atoms with E-state index in [1.54, 1.807) is 18.2 Å². The smallest absolute Gasteiger partial charge is 0.354 e. The van der Waals surface area contributed by atoms with Gasteiger partial charge in [0, 0.05) is 24.8 Å². The Balaban J connectivity index is 1.56. The summed E-state index contributed by atoms with van der Waals surface area (Å²) in [6, 6.07) is 9.15. The van der Waals surface area contributed by atoms with Crippen molar-refractivity contribution in [1.82, 2.24) is 4.90 Å². The van der Waals surface area contributed by atoms with Crippen molar-refractivity contribution in [3.05, 3.63) is 59.2 Å². The molecule has 152 valence electrons. The Labute approximate surface area is 166 Å². The maximum absolute atomic E-state index is 12.8. The quantitative estimate of drug-likeness (QED) is 0.811. The van der Waals surface area contributed by atoms with Crippen LogP contribution in [0.4, 0.5) is 24.5 Å². The first-order valence-corrected chi connectivity index (χ1v) is 9.42. The summed E-state index contributed by atoms with van der Waals surface area (Å²) in [5.74, 6) is -0.475. The first-order valence-electron chi connectivity index (χ1n) is 9.42. The van der Waals surface area contributed by atoms with E-state index in [0.717, 1.165) is 37.9 Å². The molecule has 1 fully saturated rings. The van der Waals surface area contributed by atoms with Gasteiger partial charge in [-0.05, 0) is 61.7 Å². The third kappa shape index (κ3) is 3.54. The fourth-order valence-corrected chi connectivity index (χ4v) is 3.96. The van der Waals surface area contributed by atoms with E-state index in [0.29, 0.717) is 16.8 Å². The van der Waals surface area contributed by atoms with Crippen molar-refractivity contribution < 1.29 is 22.8 Å². The predicted molar refractivity (Wildman–Crippen MR) is 103 cm³/mol. The molecule has 0 bridgehead atoms. The summed E-state index contributed by atoms with van der Waals surface area (Å²) in [5, 5.41) is 2.61. The van der Waals surface area contributed by atoms with Crippen LogP contribution in [0.15, 0.2) is 42.5 Å². The molecule has 0 aliphatic carbocycles. The molecular weight excluding hydrogens is 383 g/mol. The average Bonchev–Trinajstić information content (AvgIpc) is 2.71. The topological polar surface area (TPSA) is 52.7 Å². The molecule has 2 heterocycles. The molecule has 2 aromatic carbocycles. The van der Waals surface area contributed by atoms with Gasteiger partial charge in [0.1, 0.15) is 6.17 Å². The molecule has 2 aliphatic heterocycles. The second kappa shape index (κ2) is 7.09. The van der Waals surface area contributed by atoms with Crippen molar-refractivity contribution in [1.29, 1.82) is 0 Å². The highest BCUT2D eigenvalue weighted by atomic mass is 19.4. The van der Waals surface area contributed by atoms with Crippen molar-refractivity contribution in [3.63, 3.8) is 0 Å². The van der Waals surface area contributed by atoms with Gasteiger partial charge in [0.25, 0.3) is 11.8 Å². The van der Waals surface area contributed by atoms with E-state index in [9.17, 15) is 22.8 Å². The van der Waals surface area contributed by atoms with E-state index >= 15 is 0 Å². The number of carbonyl (C=O) groups excluding carboxylic acids is 2. The molecule has 1 N–H and O–H groups in total. The summed E-state index contributed by atoms with van der Waals surface area (Å²) in [6.07, 6.45) is -1.53. The molecule has 2 aromatic rings. The van der Waals surface area contributed by atoms with Crippen LogP contribution in [0.1, 0.15) is 45.5 Å². The molecule has 0 radical (unpaired) electrons. The summed E-state index contributed by atoms with van der Waals surface area (Å²) in [4.78, 5) is 29.3. The lowest BCUT2D eigenvalue weighted by molar-refractivity contribution is -0.137. The third-order valence-electron chi connectivity index (χ3n) is 5.52. The minimum Gasteiger partial charge on any atom is -0.354 e. The summed E-state index contributed by atoms with van der Waals surface area (Å²) in [6.45, 7) is 0.726. The highest BCUT2D eigenvalue weighted by molar-refractivity contribution is 6.08. The predicted octanol–water partition coefficient (Wildman–Crippen LogP) is 4.36. The van der Waals surface area contributed by atoms with Crippen LogP contribution in [-0.2, 0) is 6.18 Å². The average molecular weight is 403 g/mol. The molecule has 2 amide bonds. The van der Waals surface area contributed by atoms with Gasteiger partial charge in [-0.1, -0.05) is 0 Å². The van der Waals surface area contributed by atoms with Gasteiger partial charge < -0.3 is 15.1 Å². The SMILES string of the molecule is CN1c2cc(C(=O)Nc3ccc(C(F)(F)F)cc3)ccc2C(=O)N2CCCCC21. The molecule has 5 nitrogen and oxygen atoms in total. The zero-order valence-corrected chi connectivity index (χ0v) is 15.8. The second-order valence-corrected chi connectivity index (χ2v) is 7.35. The number of anilines is 2. The molecule has 8 heteroatoms. The number of fused-ring (bicyclic) bond motifs is 2. The van der Waals surface area contributed by atoms with Gasteiger partial charge in [0.05, 0.1) is 16.8 Å². The number of piperidine rings is 1. The Kier molecular flexibility index (Phi) is 4.72. The zero-order valence-electron chi connectivity index (χ0n) is 15.8. The summed E-state index contributed by atoms with van der Waals surface area (Å²) >= 11 is 0. The van der Waals surface area contributed by atoms with Crippen molar-refractivity contribution in [2.75, 3.05) is 23.8 Å². The first-order chi connectivity index (χ1) is 13.8. The van der Waals surface area contributed by atoms with Crippen molar-refractivity contribution >= 4 is 23.2 Å². The molecule has 2 aliphatic rings. The maximum Gasteiger partial charge on any atom is 0.416 e. The normalized spacial score (nSPS) is 18.9. The van der Waals surface area contributed by atoms with E-state index in [4.69, 9.17) is 0 Å². The molecule has 29 heavy (non-hydrogen) atoms. The van der Waals surface area contributed by atoms with E-state index in [1.165, 1.54) is 12.1 Å². The minimum atomic E-state index is -4.43. The van der Waals surface area contributed by atoms with Crippen LogP contribution < -0.4 is 10.2 Å². The number of hydrogen-bond donors (Lipinski definition) is 1. The Bertz CT molecular complexity index is 957. The van der Waals surface area contributed by atoms with Gasteiger partial charge >= 0.3 is 6.18 Å². The number of rotatable bonds is 2. The van der Waals surface area contributed by atoms with Crippen LogP contribution >= 0.6 is 0 Å². The van der Waals surface area contributed by atoms with Crippen molar-refractivity contribution in [2.45, 2.75) is 31.6 Å². The lowest BCUT2D eigenvalue weighted by Crippen LogP contribution is -2.55. The number of alkyl halides is 3. The Hall–Kier alpha value is -3.03. The standard InChI is InChI=1S/C21H20F3N3O2/c1-26-17-12-13(5-10-16(17)20(29)27-11-3-2-4-18(26)27)19(28)25-15-8-6-14(7-9-15)21(22,23)24/h5-10,12,18H,2-4,11H2,1H3,(H,25,28). The van der Waals surface area contributed by atoms with Crippen LogP contribution in [0, 0.1) is 0 Å². The van der Waals surface area contributed by atoms with E-state index in [-0.39, 0.29) is 17.8 Å². The van der Waals surface area contributed by atoms with Crippen LogP contribution in [0.2, 0.25) is 0 Å². The van der Waals surface area contributed by atoms with Gasteiger partial charge in [-0.15, -0.1) is 0 Å². The van der Waals surface area contributed by atoms with E-state index in [1.807, 2.05) is 16.8 Å². The second-order valence-electron chi connectivity index (χ2n) is 7.35. The van der Waals surface area contributed by atoms with E-state index < -0.39 is 17.6 Å². The Morgan fingerprint density at radius 1 is 1.10 bits per heavy atom. The van der Waals surface area contributed by atoms with Crippen LogP contribution in [0.25, 0.3) is 0 Å². The van der Waals surface area contributed by atoms with Gasteiger partial charge in [0.2, 0.25) is 0 Å². The molecule has 1 saturated heterocycles. The maximum atomic E-state index is 12.8. The molecule has 0 saturated carbocycles. The fraction of sp³-hybridized carbons (Fsp3) is 0.333. The molecule has 1 atom stereocenters. The van der Waals surface area contributed by atoms with Gasteiger partial charge in [-0.2, -0.15) is 13.2 Å². The molecule has 0 aromatic heterocycles. The number of hydrogen-bond acceptors (Lipinski definition) is 3. The third-order valence-corrected chi connectivity index (χ3v) is 5.52. The molecule has 4 rings (SSSR count). The number of halogens is 3. The lowest BCUT2D eigenvalue weighted by atomic mass is 9.97. The lowest BCUT2D eigenvalue weighted by Gasteiger charge is -2.46.